The number of hydrogen-bond acceptors (Lipinski definition) is 4. The van der Waals surface area contributed by atoms with Crippen LogP contribution in [0.4, 0.5) is 10.3 Å². The van der Waals surface area contributed by atoms with E-state index in [4.69, 9.17) is 0 Å². The maximum atomic E-state index is 13.1. The van der Waals surface area contributed by atoms with Crippen molar-refractivity contribution in [3.05, 3.63) is 53.1 Å². The van der Waals surface area contributed by atoms with E-state index >= 15 is 0 Å². The number of aromatic nitrogens is 2. The Morgan fingerprint density at radius 2 is 2.00 bits per heavy atom. The average Bonchev–Trinajstić information content (AvgIpc) is 2.53. The summed E-state index contributed by atoms with van der Waals surface area (Å²) in [7, 11) is 2.11. The van der Waals surface area contributed by atoms with Gasteiger partial charge in [-0.15, -0.1) is 0 Å². The first-order valence-electron chi connectivity index (χ1n) is 7.97. The minimum absolute atomic E-state index is 0.132. The molecular weight excluding hydrogens is 291 g/mol. The molecule has 23 heavy (non-hydrogen) atoms. The lowest BCUT2D eigenvalue weighted by Gasteiger charge is -2.27. The zero-order valence-corrected chi connectivity index (χ0v) is 13.9. The fourth-order valence-corrected chi connectivity index (χ4v) is 2.85. The van der Waals surface area contributed by atoms with Crippen LogP contribution in [0, 0.1) is 5.82 Å². The monoisotopic (exact) mass is 314 g/mol. The van der Waals surface area contributed by atoms with Gasteiger partial charge in [0.15, 0.2) is 0 Å². The summed E-state index contributed by atoms with van der Waals surface area (Å²) in [6.45, 7) is 6.89. The highest BCUT2D eigenvalue weighted by Crippen LogP contribution is 2.24. The lowest BCUT2D eigenvalue weighted by molar-refractivity contribution is 0.309. The Balaban J connectivity index is 1.69. The molecule has 3 rings (SSSR count). The van der Waals surface area contributed by atoms with E-state index in [0.717, 1.165) is 30.8 Å². The third-order valence-electron chi connectivity index (χ3n) is 4.44. The molecule has 122 valence electrons. The molecule has 0 amide bonds. The maximum Gasteiger partial charge on any atom is 0.222 e. The van der Waals surface area contributed by atoms with Gasteiger partial charge in [0.2, 0.25) is 5.95 Å². The highest BCUT2D eigenvalue weighted by atomic mass is 19.1. The van der Waals surface area contributed by atoms with Gasteiger partial charge in [-0.25, -0.2) is 14.4 Å². The van der Waals surface area contributed by atoms with Crippen molar-refractivity contribution in [3.63, 3.8) is 0 Å². The van der Waals surface area contributed by atoms with Crippen molar-refractivity contribution in [1.29, 1.82) is 0 Å². The molecule has 5 heteroatoms. The van der Waals surface area contributed by atoms with Crippen LogP contribution >= 0.6 is 0 Å². The van der Waals surface area contributed by atoms with Crippen LogP contribution in [-0.2, 0) is 18.4 Å². The van der Waals surface area contributed by atoms with Gasteiger partial charge in [-0.05, 0) is 24.7 Å². The van der Waals surface area contributed by atoms with E-state index in [1.54, 1.807) is 0 Å². The van der Waals surface area contributed by atoms with Crippen molar-refractivity contribution >= 4 is 5.95 Å². The minimum atomic E-state index is -0.208. The fourth-order valence-electron chi connectivity index (χ4n) is 2.85. The summed E-state index contributed by atoms with van der Waals surface area (Å²) in [5, 5.41) is 3.33. The van der Waals surface area contributed by atoms with Crippen LogP contribution in [0.15, 0.2) is 30.5 Å². The number of likely N-dealkylation sites (N-methyl/N-ethyl adjacent to an activating group) is 1. The van der Waals surface area contributed by atoms with Crippen molar-refractivity contribution < 1.29 is 4.39 Å². The predicted octanol–water partition coefficient (Wildman–Crippen LogP) is 2.99. The van der Waals surface area contributed by atoms with Crippen LogP contribution < -0.4 is 5.32 Å². The molecule has 1 aromatic carbocycles. The number of anilines is 1. The molecule has 0 aliphatic carbocycles. The standard InChI is InChI=1S/C18H23FN4/c1-18(2,14-4-6-15(19)7-5-14)12-21-17-20-10-13-11-23(3)9-8-16(13)22-17/h4-7,10H,8-9,11-12H2,1-3H3,(H,20,21,22). The molecular formula is C18H23FN4. The van der Waals surface area contributed by atoms with Crippen LogP contribution in [0.5, 0.6) is 0 Å². The van der Waals surface area contributed by atoms with Gasteiger partial charge in [0.1, 0.15) is 5.82 Å². The van der Waals surface area contributed by atoms with E-state index in [0.29, 0.717) is 12.5 Å². The van der Waals surface area contributed by atoms with Gasteiger partial charge in [-0.2, -0.15) is 0 Å². The first-order chi connectivity index (χ1) is 10.9. The van der Waals surface area contributed by atoms with Gasteiger partial charge >= 0.3 is 0 Å². The summed E-state index contributed by atoms with van der Waals surface area (Å²) in [5.74, 6) is 0.462. The van der Waals surface area contributed by atoms with Crippen molar-refractivity contribution in [1.82, 2.24) is 14.9 Å². The highest BCUT2D eigenvalue weighted by molar-refractivity contribution is 5.33. The summed E-state index contributed by atoms with van der Waals surface area (Å²) in [6, 6.07) is 6.67. The van der Waals surface area contributed by atoms with Gasteiger partial charge < -0.3 is 10.2 Å². The number of fused-ring (bicyclic) bond motifs is 1. The number of rotatable bonds is 4. The molecule has 0 radical (unpaired) electrons. The van der Waals surface area contributed by atoms with E-state index in [-0.39, 0.29) is 11.2 Å². The topological polar surface area (TPSA) is 41.1 Å². The molecule has 1 aromatic heterocycles. The van der Waals surface area contributed by atoms with Gasteiger partial charge in [0.05, 0.1) is 5.69 Å². The number of nitrogens with one attached hydrogen (secondary N) is 1. The second kappa shape index (κ2) is 6.24. The zero-order valence-electron chi connectivity index (χ0n) is 13.9. The molecule has 0 spiro atoms. The summed E-state index contributed by atoms with van der Waals surface area (Å²) in [4.78, 5) is 11.4. The molecule has 1 N–H and O–H groups in total. The summed E-state index contributed by atoms with van der Waals surface area (Å²) < 4.78 is 13.1. The number of benzene rings is 1. The van der Waals surface area contributed by atoms with E-state index in [9.17, 15) is 4.39 Å². The van der Waals surface area contributed by atoms with Crippen LogP contribution in [0.2, 0.25) is 0 Å². The van der Waals surface area contributed by atoms with E-state index in [2.05, 4.69) is 41.1 Å². The maximum absolute atomic E-state index is 13.1. The Bertz CT molecular complexity index is 682. The lowest BCUT2D eigenvalue weighted by atomic mass is 9.84. The Labute approximate surface area is 136 Å². The highest BCUT2D eigenvalue weighted by Gasteiger charge is 2.21. The second-order valence-electron chi connectivity index (χ2n) is 6.90. The summed E-state index contributed by atoms with van der Waals surface area (Å²) in [5.41, 5.74) is 3.31. The van der Waals surface area contributed by atoms with Crippen LogP contribution in [0.25, 0.3) is 0 Å². The van der Waals surface area contributed by atoms with Crippen LogP contribution in [0.1, 0.15) is 30.7 Å². The molecule has 4 nitrogen and oxygen atoms in total. The quantitative estimate of drug-likeness (QED) is 0.942. The van der Waals surface area contributed by atoms with Gasteiger partial charge in [-0.1, -0.05) is 26.0 Å². The third kappa shape index (κ3) is 3.67. The fraction of sp³-hybridized carbons (Fsp3) is 0.444. The van der Waals surface area contributed by atoms with Crippen molar-refractivity contribution in [2.45, 2.75) is 32.2 Å². The van der Waals surface area contributed by atoms with Crippen molar-refractivity contribution in [2.75, 3.05) is 25.5 Å². The molecule has 0 unspecified atom stereocenters. The van der Waals surface area contributed by atoms with Crippen LogP contribution in [0.3, 0.4) is 0 Å². The predicted molar refractivity (Wildman–Crippen MR) is 90.0 cm³/mol. The third-order valence-corrected chi connectivity index (χ3v) is 4.44. The molecule has 1 aliphatic rings. The Morgan fingerprint density at radius 3 is 2.74 bits per heavy atom. The average molecular weight is 314 g/mol. The molecule has 0 fully saturated rings. The molecule has 0 atom stereocenters. The Kier molecular flexibility index (Phi) is 4.31. The van der Waals surface area contributed by atoms with Gasteiger partial charge in [0.25, 0.3) is 0 Å². The Hall–Kier alpha value is -2.01. The van der Waals surface area contributed by atoms with Crippen LogP contribution in [-0.4, -0.2) is 35.0 Å². The molecule has 0 saturated heterocycles. The SMILES string of the molecule is CN1CCc2nc(NCC(C)(C)c3ccc(F)cc3)ncc2C1. The van der Waals surface area contributed by atoms with Gasteiger partial charge in [0, 0.05) is 43.2 Å². The molecule has 2 heterocycles. The van der Waals surface area contributed by atoms with Crippen molar-refractivity contribution in [3.8, 4) is 0 Å². The molecule has 0 bridgehead atoms. The molecule has 2 aromatic rings. The number of hydrogen-bond donors (Lipinski definition) is 1. The lowest BCUT2D eigenvalue weighted by Crippen LogP contribution is -2.30. The zero-order chi connectivity index (χ0) is 16.4. The Morgan fingerprint density at radius 1 is 1.26 bits per heavy atom. The van der Waals surface area contributed by atoms with Gasteiger partial charge in [-0.3, -0.25) is 0 Å². The first kappa shape index (κ1) is 15.9. The molecule has 0 saturated carbocycles. The minimum Gasteiger partial charge on any atom is -0.353 e. The first-order valence-corrected chi connectivity index (χ1v) is 7.97. The summed E-state index contributed by atoms with van der Waals surface area (Å²) in [6.07, 6.45) is 2.88. The van der Waals surface area contributed by atoms with E-state index < -0.39 is 0 Å². The second-order valence-corrected chi connectivity index (χ2v) is 6.90. The largest absolute Gasteiger partial charge is 0.353 e. The normalized spacial score (nSPS) is 15.3. The smallest absolute Gasteiger partial charge is 0.222 e. The number of halogens is 1. The summed E-state index contributed by atoms with van der Waals surface area (Å²) >= 11 is 0. The van der Waals surface area contributed by atoms with E-state index in [1.165, 1.54) is 17.7 Å². The van der Waals surface area contributed by atoms with E-state index in [1.807, 2.05) is 18.3 Å². The molecule has 1 aliphatic heterocycles. The number of nitrogens with zero attached hydrogens (tertiary/aromatic N) is 3. The van der Waals surface area contributed by atoms with Crippen molar-refractivity contribution in [2.24, 2.45) is 0 Å².